The molecule has 5 aromatic rings. The molecule has 0 heterocycles. The second-order valence-corrected chi connectivity index (χ2v) is 12.1. The molecule has 0 amide bonds. The predicted octanol–water partition coefficient (Wildman–Crippen LogP) is 10.4. The van der Waals surface area contributed by atoms with Crippen molar-refractivity contribution in [3.63, 3.8) is 0 Å². The van der Waals surface area contributed by atoms with Gasteiger partial charge in [-0.15, -0.1) is 0 Å². The molecule has 0 unspecified atom stereocenters. The molecule has 0 bridgehead atoms. The number of hydrogen-bond donors (Lipinski definition) is 0. The molecule has 42 heavy (non-hydrogen) atoms. The molecule has 5 aromatic carbocycles. The van der Waals surface area contributed by atoms with E-state index in [4.69, 9.17) is 11.6 Å². The number of hydrogen-bond acceptors (Lipinski definition) is 2. The number of ketones is 1. The lowest BCUT2D eigenvalue weighted by atomic mass is 10.0. The average Bonchev–Trinajstić information content (AvgIpc) is 2.95. The van der Waals surface area contributed by atoms with Crippen molar-refractivity contribution < 1.29 is 30.8 Å². The summed E-state index contributed by atoms with van der Waals surface area (Å²) in [5.74, 6) is -0.736. The van der Waals surface area contributed by atoms with Crippen molar-refractivity contribution in [2.45, 2.75) is 24.5 Å². The second-order valence-electron chi connectivity index (χ2n) is 8.59. The van der Waals surface area contributed by atoms with E-state index in [1.165, 1.54) is 36.0 Å². The molecule has 0 saturated heterocycles. The Balaban J connectivity index is 0.000000748. The molecule has 0 N–H and O–H groups in total. The van der Waals surface area contributed by atoms with Gasteiger partial charge in [0.05, 0.1) is 21.5 Å². The molecule has 0 aliphatic carbocycles. The zero-order valence-electron chi connectivity index (χ0n) is 21.5. The Kier molecular flexibility index (Phi) is 10.5. The Labute approximate surface area is 251 Å². The van der Waals surface area contributed by atoms with Crippen LogP contribution in [0, 0.1) is 11.6 Å². The third kappa shape index (κ3) is 8.70. The molecule has 0 atom stereocenters. The van der Waals surface area contributed by atoms with Gasteiger partial charge in [-0.3, -0.25) is 4.79 Å². The Morgan fingerprint density at radius 1 is 0.619 bits per heavy atom. The largest absolute Gasteiger partial charge is 0.673 e. The molecule has 0 aromatic heterocycles. The fourth-order valence-electron chi connectivity index (χ4n) is 3.86. The van der Waals surface area contributed by atoms with Crippen LogP contribution in [0.3, 0.4) is 0 Å². The maximum absolute atomic E-state index is 13.6. The first-order valence-corrected chi connectivity index (χ1v) is 14.7. The SMILES string of the molecule is F[B-](F)(F)F.O=C(c1ccccc1)c1c(Cl)cccc1Sc1ccc([S+](c2ccc(F)cc2)c2ccc(F)cc2)cc1. The number of carbonyl (C=O) groups excluding carboxylic acids is 1. The minimum absolute atomic E-state index is 0.125. The average molecular weight is 633 g/mol. The molecule has 0 aliphatic rings. The van der Waals surface area contributed by atoms with Gasteiger partial charge in [-0.25, -0.2) is 8.78 Å². The Morgan fingerprint density at radius 3 is 1.55 bits per heavy atom. The lowest BCUT2D eigenvalue weighted by Gasteiger charge is -2.12. The van der Waals surface area contributed by atoms with Crippen LogP contribution < -0.4 is 0 Å². The molecule has 0 aliphatic heterocycles. The number of rotatable bonds is 7. The molecule has 214 valence electrons. The number of carbonyl (C=O) groups is 1. The number of halogens is 7. The van der Waals surface area contributed by atoms with E-state index in [-0.39, 0.29) is 17.4 Å². The van der Waals surface area contributed by atoms with Gasteiger partial charge in [0, 0.05) is 15.4 Å². The summed E-state index contributed by atoms with van der Waals surface area (Å²) in [5, 5.41) is 0.407. The Morgan fingerprint density at radius 2 is 1.07 bits per heavy atom. The van der Waals surface area contributed by atoms with E-state index in [1.807, 2.05) is 54.6 Å². The van der Waals surface area contributed by atoms with Gasteiger partial charge in [0.15, 0.2) is 20.5 Å². The van der Waals surface area contributed by atoms with Crippen molar-refractivity contribution in [1.82, 2.24) is 0 Å². The third-order valence-corrected chi connectivity index (χ3v) is 9.24. The molecule has 0 fully saturated rings. The third-order valence-electron chi connectivity index (χ3n) is 5.62. The summed E-state index contributed by atoms with van der Waals surface area (Å²) in [4.78, 5) is 17.8. The van der Waals surface area contributed by atoms with Crippen molar-refractivity contribution in [2.75, 3.05) is 0 Å². The first-order chi connectivity index (χ1) is 20.0. The van der Waals surface area contributed by atoms with E-state index in [2.05, 4.69) is 0 Å². The van der Waals surface area contributed by atoms with Gasteiger partial charge in [-0.2, -0.15) is 0 Å². The van der Waals surface area contributed by atoms with Crippen molar-refractivity contribution in [2.24, 2.45) is 0 Å². The van der Waals surface area contributed by atoms with Crippen molar-refractivity contribution in [1.29, 1.82) is 0 Å². The van der Waals surface area contributed by atoms with Gasteiger partial charge in [-0.1, -0.05) is 59.8 Å². The fourth-order valence-corrected chi connectivity index (χ4v) is 7.20. The highest BCUT2D eigenvalue weighted by atomic mass is 35.5. The quantitative estimate of drug-likeness (QED) is 0.0769. The minimum atomic E-state index is -6.00. The van der Waals surface area contributed by atoms with E-state index in [0.717, 1.165) is 24.5 Å². The highest BCUT2D eigenvalue weighted by Gasteiger charge is 2.29. The molecule has 0 saturated carbocycles. The van der Waals surface area contributed by atoms with Crippen LogP contribution >= 0.6 is 23.4 Å². The highest BCUT2D eigenvalue weighted by molar-refractivity contribution is 7.99. The zero-order valence-corrected chi connectivity index (χ0v) is 23.9. The van der Waals surface area contributed by atoms with Crippen LogP contribution in [-0.4, -0.2) is 13.0 Å². The molecular weight excluding hydrogens is 613 g/mol. The van der Waals surface area contributed by atoms with Crippen LogP contribution in [0.2, 0.25) is 5.02 Å². The first-order valence-electron chi connectivity index (χ1n) is 12.3. The Hall–Kier alpha value is -3.60. The fraction of sp³-hybridized carbons (Fsp3) is 0. The topological polar surface area (TPSA) is 17.1 Å². The summed E-state index contributed by atoms with van der Waals surface area (Å²) in [5.41, 5.74) is 1.05. The summed E-state index contributed by atoms with van der Waals surface area (Å²) >= 11 is 7.94. The lowest BCUT2D eigenvalue weighted by molar-refractivity contribution is 0.103. The predicted molar refractivity (Wildman–Crippen MR) is 157 cm³/mol. The first kappa shape index (κ1) is 31.3. The van der Waals surface area contributed by atoms with Crippen LogP contribution in [0.15, 0.2) is 146 Å². The van der Waals surface area contributed by atoms with Crippen LogP contribution in [0.1, 0.15) is 15.9 Å². The maximum Gasteiger partial charge on any atom is 0.673 e. The van der Waals surface area contributed by atoms with Gasteiger partial charge in [0.2, 0.25) is 0 Å². The van der Waals surface area contributed by atoms with Crippen molar-refractivity contribution >= 4 is 47.3 Å². The summed E-state index contributed by atoms with van der Waals surface area (Å²) < 4.78 is 66.2. The highest BCUT2D eigenvalue weighted by Crippen LogP contribution is 2.37. The molecular formula is C31H20BClF6OS2. The van der Waals surface area contributed by atoms with Gasteiger partial charge in [0.25, 0.3) is 0 Å². The zero-order chi connectivity index (χ0) is 30.3. The number of benzene rings is 5. The summed E-state index contributed by atoms with van der Waals surface area (Å²) in [6, 6.07) is 35.3. The lowest BCUT2D eigenvalue weighted by Crippen LogP contribution is -2.05. The van der Waals surface area contributed by atoms with E-state index in [1.54, 1.807) is 42.5 Å². The summed E-state index contributed by atoms with van der Waals surface area (Å²) in [6.45, 7) is 0. The van der Waals surface area contributed by atoms with Crippen molar-refractivity contribution in [3.05, 3.63) is 149 Å². The standard InChI is InChI=1S/C31H20ClF2OS2.BF4/c32-28-7-4-8-29(30(28)31(35)21-5-2-1-3-6-21)36-24-13-19-27(20-14-24)37(25-15-9-22(33)10-16-25)26-17-11-23(34)12-18-26;2-1(3,4)5/h1-20H;/q+1;-1. The molecule has 5 rings (SSSR count). The van der Waals surface area contributed by atoms with E-state index < -0.39 is 18.1 Å². The monoisotopic (exact) mass is 632 g/mol. The molecule has 0 spiro atoms. The smallest absolute Gasteiger partial charge is 0.418 e. The van der Waals surface area contributed by atoms with Gasteiger partial charge >= 0.3 is 7.25 Å². The van der Waals surface area contributed by atoms with Gasteiger partial charge in [-0.05, 0) is 84.9 Å². The second kappa shape index (κ2) is 14.0. The van der Waals surface area contributed by atoms with E-state index in [9.17, 15) is 30.8 Å². The van der Waals surface area contributed by atoms with Crippen LogP contribution in [0.25, 0.3) is 0 Å². The van der Waals surface area contributed by atoms with Gasteiger partial charge < -0.3 is 17.3 Å². The van der Waals surface area contributed by atoms with Crippen LogP contribution in [0.4, 0.5) is 26.0 Å². The summed E-state index contributed by atoms with van der Waals surface area (Å²) in [7, 11) is -6.54. The summed E-state index contributed by atoms with van der Waals surface area (Å²) in [6.07, 6.45) is 0. The van der Waals surface area contributed by atoms with E-state index in [0.29, 0.717) is 16.1 Å². The molecule has 11 heteroatoms. The normalized spacial score (nSPS) is 11.1. The van der Waals surface area contributed by atoms with Crippen molar-refractivity contribution in [3.8, 4) is 0 Å². The molecule has 1 nitrogen and oxygen atoms in total. The van der Waals surface area contributed by atoms with Crippen LogP contribution in [-0.2, 0) is 10.9 Å². The van der Waals surface area contributed by atoms with Crippen LogP contribution in [0.5, 0.6) is 0 Å². The molecule has 0 radical (unpaired) electrons. The Bertz CT molecular complexity index is 1580. The van der Waals surface area contributed by atoms with E-state index >= 15 is 0 Å². The van der Waals surface area contributed by atoms with Gasteiger partial charge in [0.1, 0.15) is 11.6 Å². The maximum atomic E-state index is 13.6. The minimum Gasteiger partial charge on any atom is -0.418 e.